The van der Waals surface area contributed by atoms with Crippen LogP contribution in [-0.2, 0) is 11.2 Å². The number of ether oxygens (including phenoxy) is 1. The van der Waals surface area contributed by atoms with Gasteiger partial charge in [-0.05, 0) is 43.7 Å². The van der Waals surface area contributed by atoms with Crippen LogP contribution in [0.25, 0.3) is 0 Å². The SMILES string of the molecule is CC1(C)Sc2ccccc2C(=O)N1CCOc1ccc(CC2NC(=O)SC2=O)cc1. The van der Waals surface area contributed by atoms with Crippen LogP contribution in [0.5, 0.6) is 5.75 Å². The van der Waals surface area contributed by atoms with Crippen LogP contribution in [0.1, 0.15) is 29.8 Å². The lowest BCUT2D eigenvalue weighted by Crippen LogP contribution is -2.49. The van der Waals surface area contributed by atoms with E-state index in [4.69, 9.17) is 4.74 Å². The van der Waals surface area contributed by atoms with E-state index < -0.39 is 6.04 Å². The van der Waals surface area contributed by atoms with Crippen LogP contribution in [-0.4, -0.2) is 45.2 Å². The summed E-state index contributed by atoms with van der Waals surface area (Å²) in [6.07, 6.45) is 0.463. The van der Waals surface area contributed by atoms with Gasteiger partial charge >= 0.3 is 0 Å². The fourth-order valence-corrected chi connectivity index (χ4v) is 5.46. The Morgan fingerprint density at radius 1 is 1.07 bits per heavy atom. The highest BCUT2D eigenvalue weighted by atomic mass is 32.2. The van der Waals surface area contributed by atoms with Gasteiger partial charge in [-0.1, -0.05) is 36.0 Å². The summed E-state index contributed by atoms with van der Waals surface area (Å²) in [5.74, 6) is 0.722. The van der Waals surface area contributed by atoms with Crippen molar-refractivity contribution in [3.63, 3.8) is 0 Å². The molecule has 2 aromatic rings. The summed E-state index contributed by atoms with van der Waals surface area (Å²) in [5, 5.41) is 2.22. The molecule has 2 aliphatic heterocycles. The van der Waals surface area contributed by atoms with Crippen LogP contribution in [0, 0.1) is 0 Å². The van der Waals surface area contributed by atoms with Gasteiger partial charge in [-0.25, -0.2) is 0 Å². The molecular formula is C22H22N2O4S2. The van der Waals surface area contributed by atoms with Crippen LogP contribution < -0.4 is 10.1 Å². The second kappa shape index (κ2) is 8.35. The zero-order chi connectivity index (χ0) is 21.3. The van der Waals surface area contributed by atoms with E-state index in [1.807, 2.05) is 67.3 Å². The number of carbonyl (C=O) groups is 3. The molecule has 0 bridgehead atoms. The van der Waals surface area contributed by atoms with Crippen LogP contribution in [0.4, 0.5) is 4.79 Å². The first-order valence-corrected chi connectivity index (χ1v) is 11.3. The zero-order valence-electron chi connectivity index (χ0n) is 16.7. The third-order valence-electron chi connectivity index (χ3n) is 5.09. The fraction of sp³-hybridized carbons (Fsp3) is 0.318. The molecule has 30 heavy (non-hydrogen) atoms. The molecule has 0 aliphatic carbocycles. The molecule has 1 saturated heterocycles. The Morgan fingerprint density at radius 2 is 1.80 bits per heavy atom. The summed E-state index contributed by atoms with van der Waals surface area (Å²) in [6, 6.07) is 14.7. The lowest BCUT2D eigenvalue weighted by Gasteiger charge is -2.42. The van der Waals surface area contributed by atoms with Crippen molar-refractivity contribution >= 4 is 39.8 Å². The maximum Gasteiger partial charge on any atom is 0.287 e. The van der Waals surface area contributed by atoms with Gasteiger partial charge in [0.2, 0.25) is 5.12 Å². The number of fused-ring (bicyclic) bond motifs is 1. The molecule has 8 heteroatoms. The molecule has 4 rings (SSSR count). The van der Waals surface area contributed by atoms with E-state index in [1.54, 1.807) is 11.8 Å². The van der Waals surface area contributed by atoms with Crippen LogP contribution in [0.2, 0.25) is 0 Å². The van der Waals surface area contributed by atoms with Crippen LogP contribution in [0.3, 0.4) is 0 Å². The summed E-state index contributed by atoms with van der Waals surface area (Å²) in [7, 11) is 0. The van der Waals surface area contributed by atoms with Gasteiger partial charge in [0.05, 0.1) is 17.0 Å². The Morgan fingerprint density at radius 3 is 2.50 bits per heavy atom. The third-order valence-corrected chi connectivity index (χ3v) is 7.17. The maximum absolute atomic E-state index is 12.9. The van der Waals surface area contributed by atoms with Crippen molar-refractivity contribution < 1.29 is 19.1 Å². The van der Waals surface area contributed by atoms with Gasteiger partial charge in [-0.15, -0.1) is 0 Å². The number of nitrogens with zero attached hydrogens (tertiary/aromatic N) is 1. The summed E-state index contributed by atoms with van der Waals surface area (Å²) in [4.78, 5) is 38.4. The van der Waals surface area contributed by atoms with E-state index >= 15 is 0 Å². The third kappa shape index (κ3) is 4.34. The Kier molecular flexibility index (Phi) is 5.79. The summed E-state index contributed by atoms with van der Waals surface area (Å²) >= 11 is 2.40. The number of carbonyl (C=O) groups excluding carboxylic acids is 3. The minimum absolute atomic E-state index is 0.0226. The first kappa shape index (κ1) is 20.8. The molecule has 1 atom stereocenters. The summed E-state index contributed by atoms with van der Waals surface area (Å²) < 4.78 is 5.86. The predicted molar refractivity (Wildman–Crippen MR) is 118 cm³/mol. The predicted octanol–water partition coefficient (Wildman–Crippen LogP) is 3.94. The number of hydrogen-bond donors (Lipinski definition) is 1. The molecule has 1 unspecified atom stereocenters. The monoisotopic (exact) mass is 442 g/mol. The van der Waals surface area contributed by atoms with Crippen LogP contribution in [0.15, 0.2) is 53.4 Å². The highest BCUT2D eigenvalue weighted by Gasteiger charge is 2.38. The van der Waals surface area contributed by atoms with E-state index in [-0.39, 0.29) is 21.1 Å². The van der Waals surface area contributed by atoms with Gasteiger partial charge in [-0.2, -0.15) is 0 Å². The number of nitrogens with one attached hydrogen (secondary N) is 1. The standard InChI is InChI=1S/C22H22N2O4S2/c1-22(2)24(19(25)16-5-3-4-6-18(16)30-22)11-12-28-15-9-7-14(8-10-15)13-17-20(26)29-21(27)23-17/h3-10,17H,11-13H2,1-2H3,(H,23,27). The quantitative estimate of drug-likeness (QED) is 0.730. The number of rotatable bonds is 6. The number of thioether (sulfide) groups is 2. The average Bonchev–Trinajstić information content (AvgIpc) is 3.02. The largest absolute Gasteiger partial charge is 0.492 e. The van der Waals surface area contributed by atoms with E-state index in [0.29, 0.717) is 25.3 Å². The molecule has 0 aromatic heterocycles. The number of amides is 2. The molecule has 2 heterocycles. The molecular weight excluding hydrogens is 420 g/mol. The summed E-state index contributed by atoms with van der Waals surface area (Å²) in [6.45, 7) is 4.95. The van der Waals surface area contributed by atoms with Gasteiger partial charge in [0, 0.05) is 23.1 Å². The molecule has 2 aliphatic rings. The van der Waals surface area contributed by atoms with Crippen molar-refractivity contribution in [3.8, 4) is 5.75 Å². The first-order valence-electron chi connectivity index (χ1n) is 9.67. The molecule has 2 aromatic carbocycles. The van der Waals surface area contributed by atoms with Gasteiger partial charge < -0.3 is 15.0 Å². The van der Waals surface area contributed by atoms with Crippen LogP contribution >= 0.6 is 23.5 Å². The van der Waals surface area contributed by atoms with E-state index in [1.165, 1.54) is 0 Å². The second-order valence-corrected chi connectivity index (χ2v) is 10.2. The van der Waals surface area contributed by atoms with Crippen molar-refractivity contribution in [2.24, 2.45) is 0 Å². The van der Waals surface area contributed by atoms with E-state index in [9.17, 15) is 14.4 Å². The molecule has 0 radical (unpaired) electrons. The van der Waals surface area contributed by atoms with Crippen molar-refractivity contribution in [2.45, 2.75) is 36.1 Å². The Bertz CT molecular complexity index is 991. The molecule has 0 spiro atoms. The second-order valence-electron chi connectivity index (χ2n) is 7.60. The van der Waals surface area contributed by atoms with Gasteiger partial charge in [0.25, 0.3) is 11.1 Å². The molecule has 156 valence electrons. The number of benzene rings is 2. The molecule has 0 saturated carbocycles. The van der Waals surface area contributed by atoms with Crippen molar-refractivity contribution in [1.82, 2.24) is 10.2 Å². The van der Waals surface area contributed by atoms with Gasteiger partial charge in [0.1, 0.15) is 18.4 Å². The first-order chi connectivity index (χ1) is 14.3. The Hall–Kier alpha value is -2.45. The Balaban J connectivity index is 1.33. The summed E-state index contributed by atoms with van der Waals surface area (Å²) in [5.41, 5.74) is 1.68. The highest BCUT2D eigenvalue weighted by molar-refractivity contribution is 8.26. The average molecular weight is 443 g/mol. The van der Waals surface area contributed by atoms with Crippen molar-refractivity contribution in [3.05, 3.63) is 59.7 Å². The van der Waals surface area contributed by atoms with Crippen molar-refractivity contribution in [1.29, 1.82) is 0 Å². The van der Waals surface area contributed by atoms with Gasteiger partial charge in [-0.3, -0.25) is 14.4 Å². The lowest BCUT2D eigenvalue weighted by molar-refractivity contribution is -0.112. The normalized spacial score (nSPS) is 20.1. The minimum Gasteiger partial charge on any atom is -0.492 e. The molecule has 2 amide bonds. The fourth-order valence-electron chi connectivity index (χ4n) is 3.56. The smallest absolute Gasteiger partial charge is 0.287 e. The molecule has 1 N–H and O–H groups in total. The topological polar surface area (TPSA) is 75.7 Å². The molecule has 1 fully saturated rings. The van der Waals surface area contributed by atoms with E-state index in [0.717, 1.165) is 27.8 Å². The maximum atomic E-state index is 12.9. The lowest BCUT2D eigenvalue weighted by atomic mass is 10.1. The van der Waals surface area contributed by atoms with Crippen molar-refractivity contribution in [2.75, 3.05) is 13.2 Å². The number of hydrogen-bond acceptors (Lipinski definition) is 6. The zero-order valence-corrected chi connectivity index (χ0v) is 18.3. The Labute approximate surface area is 183 Å². The van der Waals surface area contributed by atoms with Gasteiger partial charge in [0.15, 0.2) is 0 Å². The minimum atomic E-state index is -0.470. The molecule has 6 nitrogen and oxygen atoms in total. The van der Waals surface area contributed by atoms with E-state index in [2.05, 4.69) is 5.32 Å². The highest BCUT2D eigenvalue weighted by Crippen LogP contribution is 2.42.